The molecule has 2 heteroatoms. The van der Waals surface area contributed by atoms with E-state index in [9.17, 15) is 0 Å². The van der Waals surface area contributed by atoms with Crippen molar-refractivity contribution in [3.63, 3.8) is 0 Å². The summed E-state index contributed by atoms with van der Waals surface area (Å²) in [7, 11) is 3.96. The zero-order chi connectivity index (χ0) is 8.41. The summed E-state index contributed by atoms with van der Waals surface area (Å²) in [6.07, 6.45) is 1.19. The lowest BCUT2D eigenvalue weighted by molar-refractivity contribution is 0.519. The van der Waals surface area contributed by atoms with Gasteiger partial charge in [-0.05, 0) is 20.5 Å². The van der Waals surface area contributed by atoms with Crippen LogP contribution in [0.3, 0.4) is 0 Å². The molecule has 0 heterocycles. The molecule has 0 saturated carbocycles. The Bertz CT molecular complexity index is 47.4. The summed E-state index contributed by atoms with van der Waals surface area (Å²) >= 11 is 0. The van der Waals surface area contributed by atoms with Gasteiger partial charge in [0.1, 0.15) is 0 Å². The minimum Gasteiger partial charge on any atom is -0.318 e. The second-order valence-electron chi connectivity index (χ2n) is 1.95. The molecule has 0 amide bonds. The van der Waals surface area contributed by atoms with Crippen molar-refractivity contribution in [1.82, 2.24) is 10.6 Å². The fourth-order valence-corrected chi connectivity index (χ4v) is 0.697. The first-order chi connectivity index (χ1) is 4.85. The molecule has 0 radical (unpaired) electrons. The van der Waals surface area contributed by atoms with Crippen LogP contribution >= 0.6 is 0 Å². The molecule has 1 unspecified atom stereocenters. The largest absolute Gasteiger partial charge is 0.318 e. The summed E-state index contributed by atoms with van der Waals surface area (Å²) in [6.45, 7) is 7.24. The third kappa shape index (κ3) is 7.92. The van der Waals surface area contributed by atoms with Gasteiger partial charge in [-0.15, -0.1) is 0 Å². The first-order valence-electron chi connectivity index (χ1n) is 4.17. The van der Waals surface area contributed by atoms with Crippen molar-refractivity contribution in [3.05, 3.63) is 0 Å². The van der Waals surface area contributed by atoms with Gasteiger partial charge in [0.2, 0.25) is 0 Å². The molecular weight excluding hydrogens is 124 g/mol. The normalized spacial score (nSPS) is 11.7. The van der Waals surface area contributed by atoms with Crippen LogP contribution in [-0.4, -0.2) is 26.7 Å². The minimum atomic E-state index is 0. The van der Waals surface area contributed by atoms with Gasteiger partial charge >= 0.3 is 0 Å². The third-order valence-electron chi connectivity index (χ3n) is 1.35. The van der Waals surface area contributed by atoms with Gasteiger partial charge in [-0.2, -0.15) is 0 Å². The predicted molar refractivity (Wildman–Crippen MR) is 50.5 cm³/mol. The topological polar surface area (TPSA) is 24.1 Å². The van der Waals surface area contributed by atoms with E-state index in [4.69, 9.17) is 0 Å². The van der Waals surface area contributed by atoms with E-state index in [1.807, 2.05) is 27.9 Å². The van der Waals surface area contributed by atoms with Crippen molar-refractivity contribution in [1.29, 1.82) is 0 Å². The van der Waals surface area contributed by atoms with Gasteiger partial charge in [0, 0.05) is 14.0 Å². The summed E-state index contributed by atoms with van der Waals surface area (Å²) in [5, 5.41) is 6.30. The molecule has 1 atom stereocenters. The Morgan fingerprint density at radius 3 is 1.90 bits per heavy atom. The van der Waals surface area contributed by atoms with Gasteiger partial charge in [-0.25, -0.2) is 0 Å². The molecule has 10 heavy (non-hydrogen) atoms. The van der Waals surface area contributed by atoms with E-state index in [0.29, 0.717) is 6.04 Å². The van der Waals surface area contributed by atoms with Gasteiger partial charge < -0.3 is 10.6 Å². The van der Waals surface area contributed by atoms with Crippen LogP contribution in [0.25, 0.3) is 0 Å². The molecule has 0 rings (SSSR count). The van der Waals surface area contributed by atoms with Crippen molar-refractivity contribution in [2.75, 3.05) is 20.6 Å². The Kier molecular flexibility index (Phi) is 14.7. The highest BCUT2D eigenvalue weighted by molar-refractivity contribution is 4.62. The Morgan fingerprint density at radius 1 is 1.30 bits per heavy atom. The molecule has 0 aromatic rings. The molecule has 2 N–H and O–H groups in total. The summed E-state index contributed by atoms with van der Waals surface area (Å²) < 4.78 is 0. The second-order valence-corrected chi connectivity index (χ2v) is 1.95. The Balaban J connectivity index is -0.000000196. The zero-order valence-corrected chi connectivity index (χ0v) is 7.99. The van der Waals surface area contributed by atoms with Gasteiger partial charge in [0.05, 0.1) is 0 Å². The Labute approximate surface area is 66.9 Å². The van der Waals surface area contributed by atoms with Crippen LogP contribution in [0.15, 0.2) is 0 Å². The third-order valence-corrected chi connectivity index (χ3v) is 1.35. The van der Waals surface area contributed by atoms with Crippen LogP contribution in [0.5, 0.6) is 0 Å². The van der Waals surface area contributed by atoms with Crippen LogP contribution in [0.4, 0.5) is 0 Å². The minimum absolute atomic E-state index is 0. The quantitative estimate of drug-likeness (QED) is 0.631. The maximum absolute atomic E-state index is 3.19. The molecule has 0 aromatic carbocycles. The van der Waals surface area contributed by atoms with Crippen molar-refractivity contribution in [2.45, 2.75) is 33.2 Å². The highest BCUT2D eigenvalue weighted by Crippen LogP contribution is 1.84. The highest BCUT2D eigenvalue weighted by atomic mass is 14.9. The molecule has 0 fully saturated rings. The lowest BCUT2D eigenvalue weighted by Gasteiger charge is -2.11. The zero-order valence-electron chi connectivity index (χ0n) is 7.99. The van der Waals surface area contributed by atoms with Crippen LogP contribution in [0.2, 0.25) is 0 Å². The monoisotopic (exact) mass is 148 g/mol. The first kappa shape index (κ1) is 12.6. The fourth-order valence-electron chi connectivity index (χ4n) is 0.697. The van der Waals surface area contributed by atoms with Crippen LogP contribution in [0.1, 0.15) is 28.6 Å². The molecule has 0 aliphatic rings. The van der Waals surface area contributed by atoms with Gasteiger partial charge in [0.25, 0.3) is 0 Å². The van der Waals surface area contributed by atoms with E-state index in [0.717, 1.165) is 6.54 Å². The second kappa shape index (κ2) is 11.7. The molecule has 66 valence electrons. The molecule has 0 saturated heterocycles. The summed E-state index contributed by atoms with van der Waals surface area (Å²) in [5.74, 6) is 0. The van der Waals surface area contributed by atoms with E-state index >= 15 is 0 Å². The van der Waals surface area contributed by atoms with Crippen LogP contribution < -0.4 is 10.6 Å². The molecule has 0 aliphatic heterocycles. The maximum Gasteiger partial charge on any atom is 0.0186 e. The summed E-state index contributed by atoms with van der Waals surface area (Å²) in [5.41, 5.74) is 0. The fraction of sp³-hybridized carbons (Fsp3) is 1.00. The van der Waals surface area contributed by atoms with E-state index in [-0.39, 0.29) is 1.43 Å². The first-order valence-corrected chi connectivity index (χ1v) is 4.17. The average molecular weight is 148 g/mol. The summed E-state index contributed by atoms with van der Waals surface area (Å²) in [6, 6.07) is 0.639. The predicted octanol–water partition coefficient (Wildman–Crippen LogP) is 1.48. The molecule has 0 spiro atoms. The number of rotatable bonds is 4. The number of hydrogen-bond acceptors (Lipinski definition) is 2. The molecule has 2 nitrogen and oxygen atoms in total. The standard InChI is InChI=1S/C6H16N2.C2H6.H2/c1-4-6(8-3)5-7-2;1-2;/h6-8H,4-5H2,1-3H3;1-2H3;1H. The number of hydrogen-bond donors (Lipinski definition) is 2. The average Bonchev–Trinajstić information content (AvgIpc) is 2.04. The Hall–Kier alpha value is -0.0800. The molecule has 0 aromatic heterocycles. The Morgan fingerprint density at radius 2 is 1.80 bits per heavy atom. The molecular formula is C8H24N2. The number of likely N-dealkylation sites (N-methyl/N-ethyl adjacent to an activating group) is 2. The van der Waals surface area contributed by atoms with Crippen LogP contribution in [0, 0.1) is 0 Å². The van der Waals surface area contributed by atoms with Crippen LogP contribution in [-0.2, 0) is 0 Å². The molecule has 0 bridgehead atoms. The lowest BCUT2D eigenvalue weighted by Crippen LogP contribution is -2.34. The highest BCUT2D eigenvalue weighted by Gasteiger charge is 1.97. The number of nitrogens with one attached hydrogen (secondary N) is 2. The van der Waals surface area contributed by atoms with E-state index in [1.54, 1.807) is 0 Å². The smallest absolute Gasteiger partial charge is 0.0186 e. The SMILES string of the molecule is CC.CCC(CNC)NC.[HH]. The van der Waals surface area contributed by atoms with Crippen molar-refractivity contribution < 1.29 is 1.43 Å². The van der Waals surface area contributed by atoms with Crippen molar-refractivity contribution in [3.8, 4) is 0 Å². The summed E-state index contributed by atoms with van der Waals surface area (Å²) in [4.78, 5) is 0. The van der Waals surface area contributed by atoms with Crippen molar-refractivity contribution in [2.24, 2.45) is 0 Å². The maximum atomic E-state index is 3.19. The van der Waals surface area contributed by atoms with Crippen molar-refractivity contribution >= 4 is 0 Å². The van der Waals surface area contributed by atoms with Gasteiger partial charge in [0.15, 0.2) is 0 Å². The molecule has 0 aliphatic carbocycles. The van der Waals surface area contributed by atoms with Gasteiger partial charge in [-0.1, -0.05) is 20.8 Å². The van der Waals surface area contributed by atoms with Gasteiger partial charge in [-0.3, -0.25) is 0 Å². The van der Waals surface area contributed by atoms with E-state index in [2.05, 4.69) is 17.6 Å². The van der Waals surface area contributed by atoms with E-state index < -0.39 is 0 Å². The lowest BCUT2D eigenvalue weighted by atomic mass is 10.2. The van der Waals surface area contributed by atoms with E-state index in [1.165, 1.54) is 6.42 Å².